The number of aliphatic hydroxyl groups excluding tert-OH is 1. The van der Waals surface area contributed by atoms with Crippen molar-refractivity contribution in [2.75, 3.05) is 19.8 Å². The molecule has 6 nitrogen and oxygen atoms in total. The first-order chi connectivity index (χ1) is 12.9. The summed E-state index contributed by atoms with van der Waals surface area (Å²) >= 11 is 0. The van der Waals surface area contributed by atoms with Crippen molar-refractivity contribution >= 4 is 11.8 Å². The van der Waals surface area contributed by atoms with Crippen LogP contribution in [0.15, 0.2) is 41.9 Å². The first-order valence-corrected chi connectivity index (χ1v) is 9.42. The van der Waals surface area contributed by atoms with Crippen LogP contribution in [0.5, 0.6) is 5.75 Å². The maximum absolute atomic E-state index is 12.9. The zero-order valence-electron chi connectivity index (χ0n) is 16.4. The van der Waals surface area contributed by atoms with Gasteiger partial charge in [-0.05, 0) is 37.1 Å². The van der Waals surface area contributed by atoms with Gasteiger partial charge in [-0.25, -0.2) is 4.99 Å². The molecule has 0 saturated heterocycles. The van der Waals surface area contributed by atoms with Crippen molar-refractivity contribution in [1.29, 1.82) is 0 Å². The van der Waals surface area contributed by atoms with Gasteiger partial charge in [-0.1, -0.05) is 19.9 Å². The average Bonchev–Trinajstić information content (AvgIpc) is 2.98. The number of rotatable bonds is 10. The van der Waals surface area contributed by atoms with Gasteiger partial charge in [-0.15, -0.1) is 6.58 Å². The molecule has 1 amide bonds. The van der Waals surface area contributed by atoms with E-state index in [-0.39, 0.29) is 12.5 Å². The normalized spacial score (nSPS) is 21.5. The van der Waals surface area contributed by atoms with Gasteiger partial charge in [0.1, 0.15) is 11.9 Å². The van der Waals surface area contributed by atoms with Crippen LogP contribution in [0.2, 0.25) is 0 Å². The van der Waals surface area contributed by atoms with Crippen LogP contribution in [-0.4, -0.2) is 48.3 Å². The van der Waals surface area contributed by atoms with Gasteiger partial charge < -0.3 is 19.9 Å². The van der Waals surface area contributed by atoms with Crippen LogP contribution in [0, 0.1) is 5.92 Å². The fourth-order valence-electron chi connectivity index (χ4n) is 2.85. The van der Waals surface area contributed by atoms with Crippen LogP contribution in [0.1, 0.15) is 39.2 Å². The van der Waals surface area contributed by atoms with Crippen LogP contribution in [0.3, 0.4) is 0 Å². The van der Waals surface area contributed by atoms with Crippen LogP contribution in [0.4, 0.5) is 0 Å². The van der Waals surface area contributed by atoms with Crippen LogP contribution in [0.25, 0.3) is 0 Å². The lowest BCUT2D eigenvalue weighted by molar-refractivity contribution is -0.128. The second-order valence-electron chi connectivity index (χ2n) is 7.15. The Morgan fingerprint density at radius 3 is 2.74 bits per heavy atom. The summed E-state index contributed by atoms with van der Waals surface area (Å²) in [6, 6.07) is 7.37. The van der Waals surface area contributed by atoms with E-state index in [9.17, 15) is 4.79 Å². The molecule has 1 aliphatic heterocycles. The van der Waals surface area contributed by atoms with Crippen molar-refractivity contribution in [3.63, 3.8) is 0 Å². The summed E-state index contributed by atoms with van der Waals surface area (Å²) < 4.78 is 11.5. The van der Waals surface area contributed by atoms with E-state index in [1.54, 1.807) is 6.08 Å². The summed E-state index contributed by atoms with van der Waals surface area (Å²) in [4.78, 5) is 17.5. The quantitative estimate of drug-likeness (QED) is 0.487. The molecule has 2 rings (SSSR count). The lowest BCUT2D eigenvalue weighted by Gasteiger charge is -2.27. The van der Waals surface area contributed by atoms with E-state index in [0.29, 0.717) is 43.6 Å². The number of ether oxygens (including phenoxy) is 2. The Morgan fingerprint density at radius 1 is 1.44 bits per heavy atom. The summed E-state index contributed by atoms with van der Waals surface area (Å²) in [6.45, 7) is 10.9. The smallest absolute Gasteiger partial charge is 0.252 e. The highest BCUT2D eigenvalue weighted by atomic mass is 16.5. The molecule has 27 heavy (non-hydrogen) atoms. The van der Waals surface area contributed by atoms with Crippen LogP contribution < -0.4 is 10.1 Å². The fraction of sp³-hybridized carbons (Fsp3) is 0.524. The van der Waals surface area contributed by atoms with Crippen LogP contribution >= 0.6 is 0 Å². The molecule has 1 aromatic carbocycles. The minimum absolute atomic E-state index is 0.102. The molecule has 1 aromatic rings. The topological polar surface area (TPSA) is 80.2 Å². The highest BCUT2D eigenvalue weighted by Crippen LogP contribution is 2.32. The maximum Gasteiger partial charge on any atom is 0.252 e. The molecule has 148 valence electrons. The number of aliphatic imine (C=N–C) groups is 1. The number of hydrogen-bond donors (Lipinski definition) is 2. The van der Waals surface area contributed by atoms with E-state index in [1.807, 2.05) is 45.0 Å². The highest BCUT2D eigenvalue weighted by Gasteiger charge is 2.49. The zero-order chi connectivity index (χ0) is 19.9. The molecule has 0 unspecified atom stereocenters. The number of nitrogens with zero attached hydrogens (tertiary/aromatic N) is 1. The Kier molecular flexibility index (Phi) is 7.42. The predicted octanol–water partition coefficient (Wildman–Crippen LogP) is 2.70. The Bertz CT molecular complexity index is 669. The largest absolute Gasteiger partial charge is 0.494 e. The molecule has 1 aliphatic rings. The van der Waals surface area contributed by atoms with E-state index in [1.165, 1.54) is 0 Å². The minimum atomic E-state index is -0.998. The summed E-state index contributed by atoms with van der Waals surface area (Å²) in [6.07, 6.45) is 2.31. The highest BCUT2D eigenvalue weighted by molar-refractivity contribution is 6.00. The Labute approximate surface area is 161 Å². The van der Waals surface area contributed by atoms with Crippen LogP contribution in [-0.2, 0) is 9.53 Å². The standard InChI is InChI=1S/C21H30N2O4/c1-5-11-21(20(25)22-14-15(2)3)16(4)27-19(23-21)17-7-9-18(10-8-17)26-13-6-12-24/h5,7-10,15-16,24H,1,6,11-14H2,2-4H3,(H,22,25)/t16-,21-/m1/s1. The summed E-state index contributed by atoms with van der Waals surface area (Å²) in [5.41, 5.74) is -0.207. The van der Waals surface area contributed by atoms with Gasteiger partial charge in [0.25, 0.3) is 5.91 Å². The van der Waals surface area contributed by atoms with Crippen molar-refractivity contribution in [2.45, 2.75) is 45.3 Å². The number of benzene rings is 1. The van der Waals surface area contributed by atoms with Gasteiger partial charge >= 0.3 is 0 Å². The van der Waals surface area contributed by atoms with E-state index < -0.39 is 11.6 Å². The van der Waals surface area contributed by atoms with E-state index in [0.717, 1.165) is 5.56 Å². The third-order valence-corrected chi connectivity index (χ3v) is 4.45. The molecule has 2 atom stereocenters. The van der Waals surface area contributed by atoms with Gasteiger partial charge in [0, 0.05) is 31.6 Å². The summed E-state index contributed by atoms with van der Waals surface area (Å²) in [5, 5.41) is 11.8. The lowest BCUT2D eigenvalue weighted by atomic mass is 9.89. The molecule has 0 bridgehead atoms. The molecule has 0 aliphatic carbocycles. The molecule has 0 aromatic heterocycles. The monoisotopic (exact) mass is 374 g/mol. The average molecular weight is 374 g/mol. The van der Waals surface area contributed by atoms with E-state index in [2.05, 4.69) is 16.9 Å². The molecule has 0 saturated carbocycles. The molecule has 0 spiro atoms. The number of hydrogen-bond acceptors (Lipinski definition) is 5. The number of carbonyl (C=O) groups excluding carboxylic acids is 1. The molecular weight excluding hydrogens is 344 g/mol. The Morgan fingerprint density at radius 2 is 2.15 bits per heavy atom. The third-order valence-electron chi connectivity index (χ3n) is 4.45. The zero-order valence-corrected chi connectivity index (χ0v) is 16.4. The molecule has 0 radical (unpaired) electrons. The lowest BCUT2D eigenvalue weighted by Crippen LogP contribution is -2.51. The number of aliphatic hydroxyl groups is 1. The fourth-order valence-corrected chi connectivity index (χ4v) is 2.85. The molecular formula is C21H30N2O4. The van der Waals surface area contributed by atoms with Gasteiger partial charge in [-0.3, -0.25) is 4.79 Å². The SMILES string of the molecule is C=CC[C@@]1(C(=O)NCC(C)C)N=C(c2ccc(OCCCO)cc2)O[C@@H]1C. The maximum atomic E-state index is 12.9. The van der Waals surface area contributed by atoms with Crippen molar-refractivity contribution in [2.24, 2.45) is 10.9 Å². The molecule has 1 heterocycles. The Hall–Kier alpha value is -2.34. The molecule has 0 fully saturated rings. The third kappa shape index (κ3) is 5.10. The number of carbonyl (C=O) groups is 1. The molecule has 6 heteroatoms. The van der Waals surface area contributed by atoms with Gasteiger partial charge in [0.05, 0.1) is 6.61 Å². The minimum Gasteiger partial charge on any atom is -0.494 e. The predicted molar refractivity (Wildman–Crippen MR) is 106 cm³/mol. The van der Waals surface area contributed by atoms with Crippen molar-refractivity contribution in [3.8, 4) is 5.75 Å². The van der Waals surface area contributed by atoms with Crippen molar-refractivity contribution < 1.29 is 19.4 Å². The Balaban J connectivity index is 2.19. The molecule has 2 N–H and O–H groups in total. The second-order valence-corrected chi connectivity index (χ2v) is 7.15. The van der Waals surface area contributed by atoms with E-state index in [4.69, 9.17) is 14.6 Å². The number of nitrogens with one attached hydrogen (secondary N) is 1. The van der Waals surface area contributed by atoms with Gasteiger partial charge in [0.2, 0.25) is 5.90 Å². The van der Waals surface area contributed by atoms with Crippen molar-refractivity contribution in [1.82, 2.24) is 5.32 Å². The van der Waals surface area contributed by atoms with Crippen molar-refractivity contribution in [3.05, 3.63) is 42.5 Å². The summed E-state index contributed by atoms with van der Waals surface area (Å²) in [5.74, 6) is 1.38. The van der Waals surface area contributed by atoms with E-state index >= 15 is 0 Å². The summed E-state index contributed by atoms with van der Waals surface area (Å²) in [7, 11) is 0. The first kappa shape index (κ1) is 21.0. The van der Waals surface area contributed by atoms with Gasteiger partial charge in [-0.2, -0.15) is 0 Å². The number of amides is 1. The second kappa shape index (κ2) is 9.55. The van der Waals surface area contributed by atoms with Gasteiger partial charge in [0.15, 0.2) is 5.54 Å². The first-order valence-electron chi connectivity index (χ1n) is 9.42.